The standard InChI is InChI=1S/C14H15N3O/c1-10-3-4-11(2)13(9-10)17-14(18)16-12-5-7-15-8-6-12/h3-9H,1-2H3,(H2,15,16,17,18). The molecule has 2 amide bonds. The van der Waals surface area contributed by atoms with Crippen molar-refractivity contribution < 1.29 is 4.79 Å². The number of nitrogens with zero attached hydrogens (tertiary/aromatic N) is 1. The van der Waals surface area contributed by atoms with E-state index in [1.807, 2.05) is 32.0 Å². The van der Waals surface area contributed by atoms with Crippen LogP contribution < -0.4 is 10.6 Å². The first-order valence-electron chi connectivity index (χ1n) is 5.70. The van der Waals surface area contributed by atoms with E-state index >= 15 is 0 Å². The second-order valence-electron chi connectivity index (χ2n) is 4.13. The number of nitrogens with one attached hydrogen (secondary N) is 2. The van der Waals surface area contributed by atoms with Gasteiger partial charge in [0.05, 0.1) is 0 Å². The van der Waals surface area contributed by atoms with Gasteiger partial charge in [0.2, 0.25) is 0 Å². The van der Waals surface area contributed by atoms with Crippen molar-refractivity contribution >= 4 is 17.4 Å². The lowest BCUT2D eigenvalue weighted by Crippen LogP contribution is -2.20. The Bertz CT molecular complexity index is 552. The van der Waals surface area contributed by atoms with Crippen molar-refractivity contribution in [3.8, 4) is 0 Å². The largest absolute Gasteiger partial charge is 0.323 e. The van der Waals surface area contributed by atoms with Gasteiger partial charge in [-0.05, 0) is 43.2 Å². The maximum absolute atomic E-state index is 11.8. The summed E-state index contributed by atoms with van der Waals surface area (Å²) in [7, 11) is 0. The second kappa shape index (κ2) is 5.31. The Labute approximate surface area is 106 Å². The summed E-state index contributed by atoms with van der Waals surface area (Å²) in [6.07, 6.45) is 3.26. The predicted octanol–water partition coefficient (Wildman–Crippen LogP) is 3.34. The van der Waals surface area contributed by atoms with Gasteiger partial charge in [-0.15, -0.1) is 0 Å². The number of hydrogen-bond donors (Lipinski definition) is 2. The SMILES string of the molecule is Cc1ccc(C)c(NC(=O)Nc2ccncc2)c1. The first kappa shape index (κ1) is 12.1. The van der Waals surface area contributed by atoms with Crippen LogP contribution in [0.3, 0.4) is 0 Å². The number of carbonyl (C=O) groups excluding carboxylic acids is 1. The van der Waals surface area contributed by atoms with Crippen LogP contribution in [0.15, 0.2) is 42.7 Å². The maximum Gasteiger partial charge on any atom is 0.323 e. The highest BCUT2D eigenvalue weighted by atomic mass is 16.2. The number of amides is 2. The van der Waals surface area contributed by atoms with E-state index in [4.69, 9.17) is 0 Å². The highest BCUT2D eigenvalue weighted by Crippen LogP contribution is 2.16. The molecule has 1 heterocycles. The average Bonchev–Trinajstić information content (AvgIpc) is 2.35. The van der Waals surface area contributed by atoms with Crippen molar-refractivity contribution in [2.24, 2.45) is 0 Å². The lowest BCUT2D eigenvalue weighted by molar-refractivity contribution is 0.262. The number of hydrogen-bond acceptors (Lipinski definition) is 2. The van der Waals surface area contributed by atoms with Gasteiger partial charge in [0.1, 0.15) is 0 Å². The molecule has 1 aromatic carbocycles. The molecule has 92 valence electrons. The third-order valence-corrected chi connectivity index (χ3v) is 2.58. The lowest BCUT2D eigenvalue weighted by atomic mass is 10.1. The molecule has 0 atom stereocenters. The quantitative estimate of drug-likeness (QED) is 0.847. The Morgan fingerprint density at radius 3 is 2.50 bits per heavy atom. The van der Waals surface area contributed by atoms with Crippen molar-refractivity contribution in [2.75, 3.05) is 10.6 Å². The van der Waals surface area contributed by atoms with Gasteiger partial charge in [0.15, 0.2) is 0 Å². The molecule has 0 unspecified atom stereocenters. The van der Waals surface area contributed by atoms with Gasteiger partial charge in [-0.3, -0.25) is 4.98 Å². The average molecular weight is 241 g/mol. The number of rotatable bonds is 2. The number of urea groups is 1. The first-order valence-corrected chi connectivity index (χ1v) is 5.70. The Morgan fingerprint density at radius 2 is 1.78 bits per heavy atom. The van der Waals surface area contributed by atoms with Crippen molar-refractivity contribution in [3.63, 3.8) is 0 Å². The van der Waals surface area contributed by atoms with Gasteiger partial charge in [0, 0.05) is 23.8 Å². The summed E-state index contributed by atoms with van der Waals surface area (Å²) in [6, 6.07) is 9.17. The number of benzene rings is 1. The molecule has 0 radical (unpaired) electrons. The second-order valence-corrected chi connectivity index (χ2v) is 4.13. The van der Waals surface area contributed by atoms with E-state index in [0.29, 0.717) is 5.69 Å². The third-order valence-electron chi connectivity index (χ3n) is 2.58. The number of carbonyl (C=O) groups is 1. The summed E-state index contributed by atoms with van der Waals surface area (Å²) in [5.41, 5.74) is 3.68. The fourth-order valence-electron chi connectivity index (χ4n) is 1.59. The number of anilines is 2. The molecule has 0 saturated carbocycles. The smallest absolute Gasteiger partial charge is 0.308 e. The summed E-state index contributed by atoms with van der Waals surface area (Å²) >= 11 is 0. The summed E-state index contributed by atoms with van der Waals surface area (Å²) in [6.45, 7) is 3.95. The predicted molar refractivity (Wildman–Crippen MR) is 72.8 cm³/mol. The minimum Gasteiger partial charge on any atom is -0.308 e. The van der Waals surface area contributed by atoms with Gasteiger partial charge >= 0.3 is 6.03 Å². The molecule has 0 aliphatic heterocycles. The van der Waals surface area contributed by atoms with Gasteiger partial charge in [-0.1, -0.05) is 12.1 Å². The third kappa shape index (κ3) is 3.07. The molecule has 1 aromatic heterocycles. The fraction of sp³-hybridized carbons (Fsp3) is 0.143. The molecule has 4 heteroatoms. The molecule has 0 aliphatic rings. The summed E-state index contributed by atoms with van der Waals surface area (Å²) in [4.78, 5) is 15.7. The Morgan fingerprint density at radius 1 is 1.06 bits per heavy atom. The zero-order chi connectivity index (χ0) is 13.0. The van der Waals surface area contributed by atoms with Crippen molar-refractivity contribution in [3.05, 3.63) is 53.9 Å². The summed E-state index contributed by atoms with van der Waals surface area (Å²) in [5, 5.41) is 5.58. The lowest BCUT2D eigenvalue weighted by Gasteiger charge is -2.10. The molecule has 0 bridgehead atoms. The van der Waals surface area contributed by atoms with E-state index in [0.717, 1.165) is 16.8 Å². The van der Waals surface area contributed by atoms with Crippen molar-refractivity contribution in [2.45, 2.75) is 13.8 Å². The molecule has 4 nitrogen and oxygen atoms in total. The highest BCUT2D eigenvalue weighted by Gasteiger charge is 2.04. The minimum absolute atomic E-state index is 0.255. The molecule has 0 aliphatic carbocycles. The highest BCUT2D eigenvalue weighted by molar-refractivity contribution is 6.00. The van der Waals surface area contributed by atoms with Crippen LogP contribution in [0, 0.1) is 13.8 Å². The summed E-state index contributed by atoms with van der Waals surface area (Å²) in [5.74, 6) is 0. The van der Waals surface area contributed by atoms with Crippen molar-refractivity contribution in [1.82, 2.24) is 4.98 Å². The molecule has 2 rings (SSSR count). The molecular formula is C14H15N3O. The van der Waals surface area contributed by atoms with Crippen LogP contribution in [0.1, 0.15) is 11.1 Å². The van der Waals surface area contributed by atoms with Crippen LogP contribution in [-0.2, 0) is 0 Å². The molecule has 2 aromatic rings. The van der Waals surface area contributed by atoms with Crippen LogP contribution in [0.4, 0.5) is 16.2 Å². The zero-order valence-electron chi connectivity index (χ0n) is 10.4. The van der Waals surface area contributed by atoms with Gasteiger partial charge in [-0.25, -0.2) is 4.79 Å². The molecule has 0 saturated heterocycles. The Hall–Kier alpha value is -2.36. The Balaban J connectivity index is 2.05. The van der Waals surface area contributed by atoms with Crippen molar-refractivity contribution in [1.29, 1.82) is 0 Å². The van der Waals surface area contributed by atoms with Crippen LogP contribution in [0.25, 0.3) is 0 Å². The molecule has 0 fully saturated rings. The van der Waals surface area contributed by atoms with E-state index in [1.165, 1.54) is 0 Å². The normalized spacial score (nSPS) is 9.89. The van der Waals surface area contributed by atoms with Gasteiger partial charge < -0.3 is 10.6 Å². The molecule has 0 spiro atoms. The van der Waals surface area contributed by atoms with E-state index in [9.17, 15) is 4.79 Å². The number of aromatic nitrogens is 1. The minimum atomic E-state index is -0.255. The topological polar surface area (TPSA) is 54.0 Å². The Kier molecular flexibility index (Phi) is 3.57. The van der Waals surface area contributed by atoms with E-state index in [1.54, 1.807) is 24.5 Å². The fourth-order valence-corrected chi connectivity index (χ4v) is 1.59. The molecule has 2 N–H and O–H groups in total. The van der Waals surface area contributed by atoms with Crippen LogP contribution in [-0.4, -0.2) is 11.0 Å². The van der Waals surface area contributed by atoms with E-state index in [2.05, 4.69) is 15.6 Å². The molecule has 18 heavy (non-hydrogen) atoms. The van der Waals surface area contributed by atoms with Gasteiger partial charge in [0.25, 0.3) is 0 Å². The zero-order valence-corrected chi connectivity index (χ0v) is 10.4. The van der Waals surface area contributed by atoms with Gasteiger partial charge in [-0.2, -0.15) is 0 Å². The maximum atomic E-state index is 11.8. The monoisotopic (exact) mass is 241 g/mol. The van der Waals surface area contributed by atoms with E-state index < -0.39 is 0 Å². The van der Waals surface area contributed by atoms with Crippen LogP contribution >= 0.6 is 0 Å². The number of aryl methyl sites for hydroxylation is 2. The van der Waals surface area contributed by atoms with E-state index in [-0.39, 0.29) is 6.03 Å². The summed E-state index contributed by atoms with van der Waals surface area (Å²) < 4.78 is 0. The van der Waals surface area contributed by atoms with Crippen LogP contribution in [0.5, 0.6) is 0 Å². The molecular weight excluding hydrogens is 226 g/mol. The number of pyridine rings is 1. The van der Waals surface area contributed by atoms with Crippen LogP contribution in [0.2, 0.25) is 0 Å². The first-order chi connectivity index (χ1) is 8.65.